The molecule has 0 saturated carbocycles. The van der Waals surface area contributed by atoms with Gasteiger partial charge in [0.25, 0.3) is 0 Å². The smallest absolute Gasteiger partial charge is 0.237 e. The number of carbonyl (C=O) groups is 1. The van der Waals surface area contributed by atoms with Gasteiger partial charge in [0.2, 0.25) is 5.91 Å². The lowest BCUT2D eigenvalue weighted by atomic mass is 10.0. The topological polar surface area (TPSA) is 59.6 Å². The van der Waals surface area contributed by atoms with Crippen LogP contribution >= 0.6 is 0 Å². The summed E-state index contributed by atoms with van der Waals surface area (Å²) in [5.41, 5.74) is 2.17. The van der Waals surface area contributed by atoms with Gasteiger partial charge in [0, 0.05) is 18.7 Å². The number of hydrogen-bond donors (Lipinski definition) is 2. The third-order valence-corrected chi connectivity index (χ3v) is 4.75. The van der Waals surface area contributed by atoms with E-state index in [-0.39, 0.29) is 18.1 Å². The molecule has 5 heteroatoms. The molecule has 24 heavy (non-hydrogen) atoms. The Balaban J connectivity index is 1.56. The fraction of sp³-hybridized carbons (Fsp3) is 0.632. The van der Waals surface area contributed by atoms with Crippen LogP contribution in [0.4, 0.5) is 0 Å². The highest BCUT2D eigenvalue weighted by molar-refractivity contribution is 5.81. The normalized spacial score (nSPS) is 23.9. The Morgan fingerprint density at radius 1 is 1.33 bits per heavy atom. The van der Waals surface area contributed by atoms with Gasteiger partial charge in [-0.15, -0.1) is 0 Å². The maximum atomic E-state index is 12.3. The van der Waals surface area contributed by atoms with Crippen LogP contribution in [0.2, 0.25) is 0 Å². The van der Waals surface area contributed by atoms with Gasteiger partial charge in [-0.05, 0) is 50.8 Å². The van der Waals surface area contributed by atoms with Crippen LogP contribution in [-0.4, -0.2) is 37.8 Å². The summed E-state index contributed by atoms with van der Waals surface area (Å²) in [5, 5.41) is 6.33. The van der Waals surface area contributed by atoms with E-state index in [9.17, 15) is 4.79 Å². The molecule has 2 saturated heterocycles. The van der Waals surface area contributed by atoms with E-state index in [2.05, 4.69) is 16.7 Å². The number of nitrogens with one attached hydrogen (secondary N) is 2. The quantitative estimate of drug-likeness (QED) is 0.839. The van der Waals surface area contributed by atoms with Crippen molar-refractivity contribution in [2.75, 3.05) is 19.8 Å². The predicted octanol–water partition coefficient (Wildman–Crippen LogP) is 2.31. The van der Waals surface area contributed by atoms with Crippen LogP contribution in [0.1, 0.15) is 43.2 Å². The third kappa shape index (κ3) is 4.71. The number of benzene rings is 1. The molecule has 0 bridgehead atoms. The van der Waals surface area contributed by atoms with E-state index < -0.39 is 0 Å². The summed E-state index contributed by atoms with van der Waals surface area (Å²) in [7, 11) is 0. The Morgan fingerprint density at radius 2 is 2.25 bits per heavy atom. The van der Waals surface area contributed by atoms with Crippen LogP contribution in [0.15, 0.2) is 18.2 Å². The minimum absolute atomic E-state index is 0.0551. The number of aryl methyl sites for hydroxylation is 1. The summed E-state index contributed by atoms with van der Waals surface area (Å²) < 4.78 is 11.6. The first-order valence-corrected chi connectivity index (χ1v) is 9.07. The maximum Gasteiger partial charge on any atom is 0.237 e. The number of rotatable bonds is 6. The Labute approximate surface area is 144 Å². The second kappa shape index (κ2) is 8.49. The maximum absolute atomic E-state index is 12.3. The van der Waals surface area contributed by atoms with Crippen LogP contribution in [-0.2, 0) is 16.1 Å². The van der Waals surface area contributed by atoms with Crippen LogP contribution < -0.4 is 15.4 Å². The van der Waals surface area contributed by atoms with Gasteiger partial charge in [-0.3, -0.25) is 4.79 Å². The van der Waals surface area contributed by atoms with Crippen molar-refractivity contribution >= 4 is 5.91 Å². The minimum Gasteiger partial charge on any atom is -0.491 e. The van der Waals surface area contributed by atoms with E-state index >= 15 is 0 Å². The Bertz CT molecular complexity index is 550. The van der Waals surface area contributed by atoms with Crippen LogP contribution in [0.3, 0.4) is 0 Å². The molecule has 2 fully saturated rings. The highest BCUT2D eigenvalue weighted by Gasteiger charge is 2.21. The molecule has 0 aromatic heterocycles. The first-order chi connectivity index (χ1) is 11.7. The van der Waals surface area contributed by atoms with Crippen molar-refractivity contribution in [2.24, 2.45) is 0 Å². The first-order valence-electron chi connectivity index (χ1n) is 9.07. The average molecular weight is 332 g/mol. The molecule has 2 atom stereocenters. The lowest BCUT2D eigenvalue weighted by Gasteiger charge is -2.23. The summed E-state index contributed by atoms with van der Waals surface area (Å²) in [6.07, 6.45) is 5.56. The molecule has 1 aromatic rings. The van der Waals surface area contributed by atoms with E-state index in [0.29, 0.717) is 13.2 Å². The van der Waals surface area contributed by atoms with E-state index in [0.717, 1.165) is 62.1 Å². The lowest BCUT2D eigenvalue weighted by molar-refractivity contribution is -0.123. The molecule has 132 valence electrons. The molecule has 2 N–H and O–H groups in total. The molecule has 3 rings (SSSR count). The molecule has 0 spiro atoms. The van der Waals surface area contributed by atoms with Crippen molar-refractivity contribution < 1.29 is 14.3 Å². The Hall–Kier alpha value is -1.59. The first kappa shape index (κ1) is 17.2. The molecule has 1 aromatic carbocycles. The number of amides is 1. The third-order valence-electron chi connectivity index (χ3n) is 4.75. The second-order valence-electron chi connectivity index (χ2n) is 6.78. The zero-order valence-electron chi connectivity index (χ0n) is 14.5. The summed E-state index contributed by atoms with van der Waals surface area (Å²) >= 11 is 0. The number of hydrogen-bond acceptors (Lipinski definition) is 4. The van der Waals surface area contributed by atoms with Crippen molar-refractivity contribution in [2.45, 2.75) is 57.7 Å². The van der Waals surface area contributed by atoms with Crippen LogP contribution in [0, 0.1) is 6.92 Å². The van der Waals surface area contributed by atoms with Gasteiger partial charge in [0.05, 0.1) is 12.1 Å². The van der Waals surface area contributed by atoms with Gasteiger partial charge in [-0.2, -0.15) is 0 Å². The standard InChI is InChI=1S/C19H28N2O3/c1-14-7-8-15(12-21-19(22)17-6-2-3-9-20-17)18(11-14)24-13-16-5-4-10-23-16/h7-8,11,16-17,20H,2-6,9-10,12-13H2,1H3,(H,21,22). The summed E-state index contributed by atoms with van der Waals surface area (Å²) in [5.74, 6) is 0.933. The van der Waals surface area contributed by atoms with Crippen molar-refractivity contribution in [3.8, 4) is 5.75 Å². The Morgan fingerprint density at radius 3 is 3.00 bits per heavy atom. The van der Waals surface area contributed by atoms with Crippen molar-refractivity contribution in [3.05, 3.63) is 29.3 Å². The van der Waals surface area contributed by atoms with Gasteiger partial charge in [-0.25, -0.2) is 0 Å². The summed E-state index contributed by atoms with van der Waals surface area (Å²) in [6, 6.07) is 6.07. The average Bonchev–Trinajstić information content (AvgIpc) is 3.13. The molecule has 2 unspecified atom stereocenters. The van der Waals surface area contributed by atoms with Crippen molar-refractivity contribution in [1.29, 1.82) is 0 Å². The Kier molecular flexibility index (Phi) is 6.10. The van der Waals surface area contributed by atoms with Gasteiger partial charge in [0.1, 0.15) is 12.4 Å². The fourth-order valence-electron chi connectivity index (χ4n) is 3.28. The molecule has 2 aliphatic rings. The molecule has 2 heterocycles. The molecule has 1 amide bonds. The number of piperidine rings is 1. The van der Waals surface area contributed by atoms with Crippen molar-refractivity contribution in [3.63, 3.8) is 0 Å². The summed E-state index contributed by atoms with van der Waals surface area (Å²) in [6.45, 7) is 4.89. The van der Waals surface area contributed by atoms with E-state index in [4.69, 9.17) is 9.47 Å². The highest BCUT2D eigenvalue weighted by Crippen LogP contribution is 2.22. The zero-order chi connectivity index (χ0) is 16.8. The monoisotopic (exact) mass is 332 g/mol. The van der Waals surface area contributed by atoms with E-state index in [1.165, 1.54) is 0 Å². The molecular formula is C19H28N2O3. The predicted molar refractivity (Wildman–Crippen MR) is 93.1 cm³/mol. The number of carbonyl (C=O) groups excluding carboxylic acids is 1. The molecule has 2 aliphatic heterocycles. The van der Waals surface area contributed by atoms with E-state index in [1.54, 1.807) is 0 Å². The number of ether oxygens (including phenoxy) is 2. The van der Waals surface area contributed by atoms with Crippen LogP contribution in [0.5, 0.6) is 5.75 Å². The zero-order valence-corrected chi connectivity index (χ0v) is 14.5. The minimum atomic E-state index is -0.0551. The molecule has 0 aliphatic carbocycles. The molecular weight excluding hydrogens is 304 g/mol. The molecule has 5 nitrogen and oxygen atoms in total. The SMILES string of the molecule is Cc1ccc(CNC(=O)C2CCCCN2)c(OCC2CCCO2)c1. The van der Waals surface area contributed by atoms with Gasteiger partial charge in [-0.1, -0.05) is 18.6 Å². The summed E-state index contributed by atoms with van der Waals surface area (Å²) in [4.78, 5) is 12.3. The molecule has 0 radical (unpaired) electrons. The van der Waals surface area contributed by atoms with Crippen molar-refractivity contribution in [1.82, 2.24) is 10.6 Å². The highest BCUT2D eigenvalue weighted by atomic mass is 16.5. The van der Waals surface area contributed by atoms with Gasteiger partial charge in [0.15, 0.2) is 0 Å². The second-order valence-corrected chi connectivity index (χ2v) is 6.78. The van der Waals surface area contributed by atoms with Gasteiger partial charge >= 0.3 is 0 Å². The van der Waals surface area contributed by atoms with Gasteiger partial charge < -0.3 is 20.1 Å². The fourth-order valence-corrected chi connectivity index (χ4v) is 3.28. The van der Waals surface area contributed by atoms with E-state index in [1.807, 2.05) is 19.1 Å². The van der Waals surface area contributed by atoms with Crippen LogP contribution in [0.25, 0.3) is 0 Å². The largest absolute Gasteiger partial charge is 0.491 e. The lowest BCUT2D eigenvalue weighted by Crippen LogP contribution is -2.46.